The zero-order valence-electron chi connectivity index (χ0n) is 7.73. The van der Waals surface area contributed by atoms with E-state index in [4.69, 9.17) is 24.4 Å². The Labute approximate surface area is 94.0 Å². The number of thiocarbonyl (C=S) groups is 2. The number of hydrogen-bond donors (Lipinski definition) is 2. The summed E-state index contributed by atoms with van der Waals surface area (Å²) in [5.41, 5.74) is 0.832. The largest absolute Gasteiger partial charge is 0.369 e. The molecule has 0 radical (unpaired) electrons. The van der Waals surface area contributed by atoms with E-state index in [0.29, 0.717) is 9.85 Å². The van der Waals surface area contributed by atoms with Crippen molar-refractivity contribution in [3.05, 3.63) is 35.9 Å². The maximum Gasteiger partial charge on any atom is 0.161 e. The predicted molar refractivity (Wildman–Crippen MR) is 65.6 cm³/mol. The fraction of sp³-hybridized carbons (Fsp3) is 0.200. The van der Waals surface area contributed by atoms with Gasteiger partial charge < -0.3 is 10.4 Å². The van der Waals surface area contributed by atoms with Gasteiger partial charge in [-0.15, -0.1) is 0 Å². The summed E-state index contributed by atoms with van der Waals surface area (Å²) in [5.74, 6) is 0. The van der Waals surface area contributed by atoms with Crippen LogP contribution in [0.25, 0.3) is 0 Å². The summed E-state index contributed by atoms with van der Waals surface area (Å²) in [5, 5.41) is 12.3. The second kappa shape index (κ2) is 5.14. The van der Waals surface area contributed by atoms with E-state index in [9.17, 15) is 5.11 Å². The van der Waals surface area contributed by atoms with E-state index in [2.05, 4.69) is 5.32 Å². The smallest absolute Gasteiger partial charge is 0.161 e. The lowest BCUT2D eigenvalue weighted by molar-refractivity contribution is 0.231. The Balaban J connectivity index is 2.71. The van der Waals surface area contributed by atoms with Gasteiger partial charge in [-0.2, -0.15) is 0 Å². The Morgan fingerprint density at radius 3 is 2.36 bits per heavy atom. The van der Waals surface area contributed by atoms with Gasteiger partial charge in [-0.3, -0.25) is 0 Å². The van der Waals surface area contributed by atoms with Gasteiger partial charge in [0, 0.05) is 0 Å². The van der Waals surface area contributed by atoms with Crippen molar-refractivity contribution in [2.45, 2.75) is 13.2 Å². The summed E-state index contributed by atoms with van der Waals surface area (Å²) in [6.07, 6.45) is -0.884. The van der Waals surface area contributed by atoms with Gasteiger partial charge in [-0.05, 0) is 12.5 Å². The molecule has 0 fully saturated rings. The SMILES string of the molecule is CC(=S)NC(O)C(=S)c1ccccc1. The first-order valence-corrected chi connectivity index (χ1v) is 4.97. The summed E-state index contributed by atoms with van der Waals surface area (Å²) in [4.78, 5) is 0.977. The van der Waals surface area contributed by atoms with Crippen LogP contribution < -0.4 is 5.32 Å². The van der Waals surface area contributed by atoms with E-state index in [1.54, 1.807) is 6.92 Å². The van der Waals surface area contributed by atoms with Crippen molar-refractivity contribution < 1.29 is 5.11 Å². The molecule has 0 aliphatic carbocycles. The first-order valence-electron chi connectivity index (χ1n) is 4.15. The highest BCUT2D eigenvalue weighted by Crippen LogP contribution is 2.03. The Hall–Kier alpha value is -0.840. The minimum absolute atomic E-state index is 0.454. The molecule has 0 amide bonds. The number of nitrogens with one attached hydrogen (secondary N) is 1. The average molecular weight is 225 g/mol. The van der Waals surface area contributed by atoms with Gasteiger partial charge >= 0.3 is 0 Å². The summed E-state index contributed by atoms with van der Waals surface area (Å²) < 4.78 is 0. The molecule has 1 atom stereocenters. The third-order valence-corrected chi connectivity index (χ3v) is 2.22. The zero-order valence-corrected chi connectivity index (χ0v) is 9.36. The Kier molecular flexibility index (Phi) is 4.13. The Bertz CT molecular complexity index is 337. The molecule has 0 aliphatic rings. The van der Waals surface area contributed by atoms with Gasteiger partial charge in [0.05, 0.1) is 9.85 Å². The molecule has 1 aromatic carbocycles. The van der Waals surface area contributed by atoms with Crippen molar-refractivity contribution >= 4 is 34.3 Å². The first-order chi connectivity index (χ1) is 6.61. The van der Waals surface area contributed by atoms with Gasteiger partial charge in [0.2, 0.25) is 0 Å². The second-order valence-corrected chi connectivity index (χ2v) is 3.89. The van der Waals surface area contributed by atoms with E-state index in [0.717, 1.165) is 5.56 Å². The van der Waals surface area contributed by atoms with Gasteiger partial charge in [-0.25, -0.2) is 0 Å². The molecule has 0 saturated carbocycles. The molecule has 1 unspecified atom stereocenters. The molecule has 0 spiro atoms. The highest BCUT2D eigenvalue weighted by atomic mass is 32.1. The first kappa shape index (κ1) is 11.2. The van der Waals surface area contributed by atoms with Gasteiger partial charge in [0.25, 0.3) is 0 Å². The molecular formula is C10H11NOS2. The average Bonchev–Trinajstić information content (AvgIpc) is 2.17. The lowest BCUT2D eigenvalue weighted by Gasteiger charge is -2.13. The van der Waals surface area contributed by atoms with E-state index >= 15 is 0 Å². The van der Waals surface area contributed by atoms with Crippen molar-refractivity contribution in [1.29, 1.82) is 0 Å². The summed E-state index contributed by atoms with van der Waals surface area (Å²) >= 11 is 9.90. The van der Waals surface area contributed by atoms with E-state index in [-0.39, 0.29) is 0 Å². The molecule has 14 heavy (non-hydrogen) atoms. The highest BCUT2D eigenvalue weighted by Gasteiger charge is 2.11. The maximum absolute atomic E-state index is 9.60. The monoisotopic (exact) mass is 225 g/mol. The molecule has 0 heterocycles. The van der Waals surface area contributed by atoms with Crippen LogP contribution in [0.3, 0.4) is 0 Å². The van der Waals surface area contributed by atoms with Crippen molar-refractivity contribution in [1.82, 2.24) is 5.32 Å². The van der Waals surface area contributed by atoms with E-state index < -0.39 is 6.23 Å². The van der Waals surface area contributed by atoms with Crippen LogP contribution in [0, 0.1) is 0 Å². The molecule has 2 N–H and O–H groups in total. The van der Waals surface area contributed by atoms with E-state index in [1.165, 1.54) is 0 Å². The fourth-order valence-electron chi connectivity index (χ4n) is 1.02. The van der Waals surface area contributed by atoms with Crippen molar-refractivity contribution in [3.63, 3.8) is 0 Å². The third-order valence-electron chi connectivity index (χ3n) is 1.65. The zero-order chi connectivity index (χ0) is 10.6. The van der Waals surface area contributed by atoms with Crippen LogP contribution in [0.1, 0.15) is 12.5 Å². The van der Waals surface area contributed by atoms with Crippen LogP contribution in [-0.2, 0) is 0 Å². The lowest BCUT2D eigenvalue weighted by Crippen LogP contribution is -2.38. The normalized spacial score (nSPS) is 11.9. The molecule has 0 aliphatic heterocycles. The Morgan fingerprint density at radius 1 is 1.29 bits per heavy atom. The molecule has 1 rings (SSSR count). The molecule has 0 saturated heterocycles. The van der Waals surface area contributed by atoms with Crippen molar-refractivity contribution in [2.24, 2.45) is 0 Å². The minimum atomic E-state index is -0.884. The van der Waals surface area contributed by atoms with Crippen LogP contribution in [0.5, 0.6) is 0 Å². The summed E-state index contributed by atoms with van der Waals surface area (Å²) in [6, 6.07) is 9.35. The number of aliphatic hydroxyl groups is 1. The second-order valence-electron chi connectivity index (χ2n) is 2.83. The molecule has 0 aromatic heterocycles. The summed E-state index contributed by atoms with van der Waals surface area (Å²) in [6.45, 7) is 1.70. The number of hydrogen-bond acceptors (Lipinski definition) is 3. The van der Waals surface area contributed by atoms with Crippen LogP contribution in [0.15, 0.2) is 30.3 Å². The molecule has 1 aromatic rings. The predicted octanol–water partition coefficient (Wildman–Crippen LogP) is 1.66. The summed E-state index contributed by atoms with van der Waals surface area (Å²) in [7, 11) is 0. The van der Waals surface area contributed by atoms with Gasteiger partial charge in [0.15, 0.2) is 6.23 Å². The van der Waals surface area contributed by atoms with Gasteiger partial charge in [0.1, 0.15) is 0 Å². The molecule has 74 valence electrons. The highest BCUT2D eigenvalue weighted by molar-refractivity contribution is 7.81. The molecule has 0 bridgehead atoms. The third kappa shape index (κ3) is 3.14. The molecule has 2 nitrogen and oxygen atoms in total. The van der Waals surface area contributed by atoms with Crippen molar-refractivity contribution in [3.8, 4) is 0 Å². The van der Waals surface area contributed by atoms with E-state index in [1.807, 2.05) is 30.3 Å². The van der Waals surface area contributed by atoms with Crippen LogP contribution >= 0.6 is 24.4 Å². The van der Waals surface area contributed by atoms with Gasteiger partial charge in [-0.1, -0.05) is 54.8 Å². The Morgan fingerprint density at radius 2 is 1.86 bits per heavy atom. The molecule has 4 heteroatoms. The maximum atomic E-state index is 9.60. The number of benzene rings is 1. The fourth-order valence-corrected chi connectivity index (χ4v) is 1.33. The lowest BCUT2D eigenvalue weighted by atomic mass is 10.1. The van der Waals surface area contributed by atoms with Crippen LogP contribution in [0.2, 0.25) is 0 Å². The number of rotatable bonds is 3. The standard InChI is InChI=1S/C10H11NOS2/c1-7(13)11-10(12)9(14)8-5-3-2-4-6-8/h2-6,10,12H,1H3,(H,11,13). The van der Waals surface area contributed by atoms with Crippen LogP contribution in [0.4, 0.5) is 0 Å². The number of aliphatic hydroxyl groups excluding tert-OH is 1. The van der Waals surface area contributed by atoms with Crippen LogP contribution in [-0.4, -0.2) is 21.2 Å². The minimum Gasteiger partial charge on any atom is -0.369 e. The topological polar surface area (TPSA) is 32.3 Å². The van der Waals surface area contributed by atoms with Crippen molar-refractivity contribution in [2.75, 3.05) is 0 Å². The molecular weight excluding hydrogens is 214 g/mol. The quantitative estimate of drug-likeness (QED) is 0.465.